The maximum Gasteiger partial charge on any atom is 0.297 e. The van der Waals surface area contributed by atoms with E-state index in [0.717, 1.165) is 34.5 Å². The molecule has 0 saturated carbocycles. The first-order valence-corrected chi connectivity index (χ1v) is 12.4. The average molecular weight is 474 g/mol. The zero-order chi connectivity index (χ0) is 24.1. The first-order chi connectivity index (χ1) is 16.3. The number of hydrogen-bond donors (Lipinski definition) is 0. The number of carbonyl (C=O) groups is 1. The summed E-state index contributed by atoms with van der Waals surface area (Å²) < 4.78 is 6.12. The monoisotopic (exact) mass is 473 g/mol. The fourth-order valence-electron chi connectivity index (χ4n) is 4.45. The average Bonchev–Trinajstić information content (AvgIpc) is 3.37. The van der Waals surface area contributed by atoms with Crippen LogP contribution in [0.5, 0.6) is 0 Å². The Morgan fingerprint density at radius 1 is 1.06 bits per heavy atom. The molecule has 1 aliphatic rings. The van der Waals surface area contributed by atoms with Gasteiger partial charge in [0.25, 0.3) is 5.91 Å². The van der Waals surface area contributed by atoms with Crippen molar-refractivity contribution in [1.82, 2.24) is 10.2 Å². The number of amides is 1. The molecule has 2 aromatic carbocycles. The smallest absolute Gasteiger partial charge is 0.297 e. The highest BCUT2D eigenvalue weighted by Gasteiger charge is 2.45. The molecule has 5 rings (SSSR count). The highest BCUT2D eigenvalue weighted by molar-refractivity contribution is 7.15. The van der Waals surface area contributed by atoms with Gasteiger partial charge >= 0.3 is 0 Å². The summed E-state index contributed by atoms with van der Waals surface area (Å²) in [4.78, 5) is 29.1. The van der Waals surface area contributed by atoms with Crippen molar-refractivity contribution in [2.75, 3.05) is 4.90 Å². The lowest BCUT2D eigenvalue weighted by atomic mass is 9.96. The molecule has 1 aliphatic heterocycles. The molecule has 0 N–H and O–H groups in total. The van der Waals surface area contributed by atoms with Crippen LogP contribution in [0.15, 0.2) is 45.6 Å². The van der Waals surface area contributed by atoms with E-state index in [2.05, 4.69) is 31.0 Å². The minimum Gasteiger partial charge on any atom is -0.450 e. The highest BCUT2D eigenvalue weighted by Crippen LogP contribution is 2.42. The lowest BCUT2D eigenvalue weighted by Crippen LogP contribution is -2.29. The van der Waals surface area contributed by atoms with Gasteiger partial charge in [0.2, 0.25) is 10.9 Å². The van der Waals surface area contributed by atoms with Gasteiger partial charge in [-0.2, -0.15) is 0 Å². The molecule has 174 valence electrons. The molecule has 1 atom stereocenters. The van der Waals surface area contributed by atoms with E-state index >= 15 is 0 Å². The predicted octanol–water partition coefficient (Wildman–Crippen LogP) is 5.77. The van der Waals surface area contributed by atoms with Gasteiger partial charge in [-0.1, -0.05) is 56.4 Å². The zero-order valence-corrected chi connectivity index (χ0v) is 20.8. The molecular formula is C27H27N3O3S. The van der Waals surface area contributed by atoms with Crippen LogP contribution in [0.1, 0.15) is 70.2 Å². The molecule has 0 spiro atoms. The Bertz CT molecular complexity index is 1470. The second-order valence-electron chi connectivity index (χ2n) is 9.36. The Hall–Kier alpha value is -3.32. The van der Waals surface area contributed by atoms with Crippen LogP contribution in [-0.2, 0) is 12.8 Å². The van der Waals surface area contributed by atoms with Crippen LogP contribution in [0.25, 0.3) is 11.0 Å². The molecular weight excluding hydrogens is 446 g/mol. The number of rotatable bonds is 5. The third-order valence-corrected chi connectivity index (χ3v) is 7.38. The number of aromatic nitrogens is 2. The Morgan fingerprint density at radius 2 is 1.76 bits per heavy atom. The van der Waals surface area contributed by atoms with Crippen molar-refractivity contribution < 1.29 is 9.21 Å². The molecule has 7 heteroatoms. The number of anilines is 1. The van der Waals surface area contributed by atoms with E-state index in [0.29, 0.717) is 27.6 Å². The molecule has 2 aromatic heterocycles. The van der Waals surface area contributed by atoms with Gasteiger partial charge in [0.1, 0.15) is 10.6 Å². The first-order valence-electron chi connectivity index (χ1n) is 11.6. The van der Waals surface area contributed by atoms with E-state index in [9.17, 15) is 9.59 Å². The van der Waals surface area contributed by atoms with Crippen molar-refractivity contribution in [1.29, 1.82) is 0 Å². The van der Waals surface area contributed by atoms with Crippen LogP contribution < -0.4 is 10.3 Å². The predicted molar refractivity (Wildman–Crippen MR) is 135 cm³/mol. The molecule has 0 radical (unpaired) electrons. The highest BCUT2D eigenvalue weighted by atomic mass is 32.1. The third-order valence-electron chi connectivity index (χ3n) is 6.44. The summed E-state index contributed by atoms with van der Waals surface area (Å²) in [6.07, 6.45) is 1.69. The minimum absolute atomic E-state index is 0.0888. The van der Waals surface area contributed by atoms with E-state index in [-0.39, 0.29) is 17.1 Å². The summed E-state index contributed by atoms with van der Waals surface area (Å²) in [5.74, 6) is 0.152. The quantitative estimate of drug-likeness (QED) is 0.368. The second kappa shape index (κ2) is 8.47. The van der Waals surface area contributed by atoms with Gasteiger partial charge < -0.3 is 4.42 Å². The maximum absolute atomic E-state index is 13.8. The molecule has 4 aromatic rings. The summed E-state index contributed by atoms with van der Waals surface area (Å²) in [6, 6.07) is 11.1. The summed E-state index contributed by atoms with van der Waals surface area (Å²) in [7, 11) is 0. The van der Waals surface area contributed by atoms with E-state index in [4.69, 9.17) is 4.42 Å². The molecule has 0 bridgehead atoms. The molecule has 3 heterocycles. The maximum atomic E-state index is 13.8. The number of carbonyl (C=O) groups excluding carboxylic acids is 1. The third kappa shape index (κ3) is 3.64. The summed E-state index contributed by atoms with van der Waals surface area (Å²) in [6.45, 7) is 10.3. The van der Waals surface area contributed by atoms with Gasteiger partial charge in [-0.25, -0.2) is 0 Å². The molecule has 1 amide bonds. The van der Waals surface area contributed by atoms with Crippen molar-refractivity contribution >= 4 is 33.3 Å². The Kier molecular flexibility index (Phi) is 5.60. The summed E-state index contributed by atoms with van der Waals surface area (Å²) in [5.41, 5.74) is 4.67. The number of aryl methyl sites for hydroxylation is 3. The minimum atomic E-state index is -0.615. The summed E-state index contributed by atoms with van der Waals surface area (Å²) >= 11 is 1.39. The van der Waals surface area contributed by atoms with Crippen molar-refractivity contribution in [3.05, 3.63) is 85.2 Å². The number of fused-ring (bicyclic) bond motifs is 2. The topological polar surface area (TPSA) is 76.3 Å². The fourth-order valence-corrected chi connectivity index (χ4v) is 5.53. The van der Waals surface area contributed by atoms with Gasteiger partial charge in [-0.15, -0.1) is 10.2 Å². The van der Waals surface area contributed by atoms with Crippen LogP contribution >= 0.6 is 11.3 Å². The van der Waals surface area contributed by atoms with Gasteiger partial charge in [0, 0.05) is 6.42 Å². The van der Waals surface area contributed by atoms with Gasteiger partial charge in [0.05, 0.1) is 17.0 Å². The van der Waals surface area contributed by atoms with Crippen molar-refractivity contribution in [2.45, 2.75) is 53.5 Å². The zero-order valence-electron chi connectivity index (χ0n) is 20.0. The van der Waals surface area contributed by atoms with E-state index < -0.39 is 6.04 Å². The van der Waals surface area contributed by atoms with E-state index in [1.54, 1.807) is 4.90 Å². The normalized spacial score (nSPS) is 15.5. The Balaban J connectivity index is 1.74. The van der Waals surface area contributed by atoms with E-state index in [1.807, 2.05) is 50.2 Å². The number of benzene rings is 2. The molecule has 0 aliphatic carbocycles. The number of hydrogen-bond acceptors (Lipinski definition) is 6. The lowest BCUT2D eigenvalue weighted by Gasteiger charge is -2.22. The molecule has 34 heavy (non-hydrogen) atoms. The van der Waals surface area contributed by atoms with E-state index in [1.165, 1.54) is 16.9 Å². The Labute approximate surface area is 202 Å². The van der Waals surface area contributed by atoms with Crippen molar-refractivity contribution in [3.63, 3.8) is 0 Å². The first kappa shape index (κ1) is 22.5. The van der Waals surface area contributed by atoms with Crippen LogP contribution in [0, 0.1) is 19.8 Å². The van der Waals surface area contributed by atoms with Gasteiger partial charge in [-0.05, 0) is 60.6 Å². The molecule has 0 fully saturated rings. The van der Waals surface area contributed by atoms with Crippen molar-refractivity contribution in [3.8, 4) is 0 Å². The van der Waals surface area contributed by atoms with Crippen LogP contribution in [-0.4, -0.2) is 16.1 Å². The molecule has 1 unspecified atom stereocenters. The largest absolute Gasteiger partial charge is 0.450 e. The standard InChI is InChI=1S/C27H27N3O3S/c1-6-17-7-9-18(10-8-17)23-22-24(31)19-12-15(4)16(5)13-20(19)33-25(22)26(32)30(23)27-29-28-21(34-27)11-14(2)3/h7-10,12-14,23H,6,11H2,1-5H3. The lowest BCUT2D eigenvalue weighted by molar-refractivity contribution is 0.0970. The molecule has 6 nitrogen and oxygen atoms in total. The SMILES string of the molecule is CCc1ccc(C2c3c(oc4cc(C)c(C)cc4c3=O)C(=O)N2c2nnc(CC(C)C)s2)cc1. The molecule has 0 saturated heterocycles. The van der Waals surface area contributed by atoms with Crippen LogP contribution in [0.2, 0.25) is 0 Å². The van der Waals surface area contributed by atoms with Gasteiger partial charge in [-0.3, -0.25) is 14.5 Å². The second-order valence-corrected chi connectivity index (χ2v) is 10.4. The Morgan fingerprint density at radius 3 is 2.44 bits per heavy atom. The van der Waals surface area contributed by atoms with Crippen LogP contribution in [0.4, 0.5) is 5.13 Å². The van der Waals surface area contributed by atoms with Crippen molar-refractivity contribution in [2.24, 2.45) is 5.92 Å². The van der Waals surface area contributed by atoms with Crippen LogP contribution in [0.3, 0.4) is 0 Å². The number of nitrogens with zero attached hydrogens (tertiary/aromatic N) is 3. The fraction of sp³-hybridized carbons (Fsp3) is 0.333. The van der Waals surface area contributed by atoms with Gasteiger partial charge in [0.15, 0.2) is 5.43 Å². The summed E-state index contributed by atoms with van der Waals surface area (Å²) in [5, 5.41) is 10.5.